The number of anilines is 2. The van der Waals surface area contributed by atoms with Crippen LogP contribution in [0.1, 0.15) is 46.7 Å². The molecule has 0 unspecified atom stereocenters. The van der Waals surface area contributed by atoms with E-state index in [-0.39, 0.29) is 41.6 Å². The largest absolute Gasteiger partial charge is 0.497 e. The van der Waals surface area contributed by atoms with Crippen LogP contribution in [0.5, 0.6) is 5.75 Å². The Bertz CT molecular complexity index is 1630. The van der Waals surface area contributed by atoms with Crippen molar-refractivity contribution in [2.45, 2.75) is 40.3 Å². The monoisotopic (exact) mass is 556 g/mol. The second kappa shape index (κ2) is 11.2. The molecular weight excluding hydrogens is 529 g/mol. The summed E-state index contributed by atoms with van der Waals surface area (Å²) in [6.45, 7) is 6.74. The van der Waals surface area contributed by atoms with Crippen LogP contribution in [0.25, 0.3) is 16.9 Å². The summed E-state index contributed by atoms with van der Waals surface area (Å²) < 4.78 is 52.1. The van der Waals surface area contributed by atoms with E-state index >= 15 is 0 Å². The molecule has 3 heterocycles. The van der Waals surface area contributed by atoms with E-state index in [9.17, 15) is 22.8 Å². The number of methoxy groups -OCH3 is 1. The van der Waals surface area contributed by atoms with Crippen LogP contribution in [-0.2, 0) is 17.3 Å². The number of hydrogen-bond donors (Lipinski definition) is 2. The molecule has 40 heavy (non-hydrogen) atoms. The van der Waals surface area contributed by atoms with Gasteiger partial charge in [-0.2, -0.15) is 23.3 Å². The Morgan fingerprint density at radius 3 is 2.50 bits per heavy atom. The molecule has 0 aliphatic carbocycles. The third-order valence-electron chi connectivity index (χ3n) is 6.01. The molecule has 0 fully saturated rings. The van der Waals surface area contributed by atoms with E-state index in [1.54, 1.807) is 19.9 Å². The van der Waals surface area contributed by atoms with Gasteiger partial charge in [-0.1, -0.05) is 6.92 Å². The van der Waals surface area contributed by atoms with Crippen molar-refractivity contribution >= 4 is 17.6 Å². The molecule has 4 aromatic rings. The van der Waals surface area contributed by atoms with E-state index in [4.69, 9.17) is 9.47 Å². The number of H-pyrrole nitrogens is 1. The molecule has 0 spiro atoms. The van der Waals surface area contributed by atoms with Crippen LogP contribution in [0.15, 0.2) is 41.5 Å². The van der Waals surface area contributed by atoms with Gasteiger partial charge in [-0.05, 0) is 56.5 Å². The Hall–Kier alpha value is -4.68. The third-order valence-corrected chi connectivity index (χ3v) is 6.01. The van der Waals surface area contributed by atoms with Gasteiger partial charge in [0.15, 0.2) is 11.5 Å². The minimum Gasteiger partial charge on any atom is -0.497 e. The number of carbonyl (C=O) groups excluding carboxylic acids is 1. The van der Waals surface area contributed by atoms with Gasteiger partial charge in [0, 0.05) is 41.0 Å². The number of carbonyl (C=O) groups is 1. The first-order chi connectivity index (χ1) is 19.0. The van der Waals surface area contributed by atoms with Crippen molar-refractivity contribution in [3.63, 3.8) is 0 Å². The number of nitrogens with zero attached hydrogens (tertiary/aromatic N) is 4. The number of nitrogens with one attached hydrogen (secondary N) is 2. The summed E-state index contributed by atoms with van der Waals surface area (Å²) in [6.07, 6.45) is -1.68. The normalized spacial score (nSPS) is 11.4. The molecule has 4 rings (SSSR count). The summed E-state index contributed by atoms with van der Waals surface area (Å²) in [5.41, 5.74) is 0.601. The number of rotatable bonds is 8. The van der Waals surface area contributed by atoms with Crippen LogP contribution >= 0.6 is 0 Å². The quantitative estimate of drug-likeness (QED) is 0.286. The van der Waals surface area contributed by atoms with Gasteiger partial charge in [-0.3, -0.25) is 4.79 Å². The predicted octanol–water partition coefficient (Wildman–Crippen LogP) is 5.14. The fraction of sp³-hybridized carbons (Fsp3) is 0.296. The summed E-state index contributed by atoms with van der Waals surface area (Å²) in [6, 6.07) is 6.27. The van der Waals surface area contributed by atoms with E-state index in [0.717, 1.165) is 16.3 Å². The van der Waals surface area contributed by atoms with Crippen molar-refractivity contribution in [3.8, 4) is 22.7 Å². The Labute approximate surface area is 227 Å². The van der Waals surface area contributed by atoms with Crippen LogP contribution in [0.4, 0.5) is 24.8 Å². The van der Waals surface area contributed by atoms with Crippen LogP contribution in [0, 0.1) is 13.8 Å². The lowest BCUT2D eigenvalue weighted by Gasteiger charge is -2.16. The summed E-state index contributed by atoms with van der Waals surface area (Å²) in [5.74, 6) is -0.153. The number of alkyl halides is 3. The van der Waals surface area contributed by atoms with Gasteiger partial charge in [0.1, 0.15) is 11.3 Å². The van der Waals surface area contributed by atoms with Crippen molar-refractivity contribution in [1.82, 2.24) is 24.7 Å². The van der Waals surface area contributed by atoms with Crippen LogP contribution in [0.2, 0.25) is 0 Å². The van der Waals surface area contributed by atoms with Gasteiger partial charge in [-0.15, -0.1) is 0 Å². The first kappa shape index (κ1) is 28.3. The second-order valence-electron chi connectivity index (χ2n) is 8.83. The van der Waals surface area contributed by atoms with Crippen molar-refractivity contribution in [3.05, 3.63) is 75.1 Å². The van der Waals surface area contributed by atoms with Crippen LogP contribution < -0.4 is 15.6 Å². The summed E-state index contributed by atoms with van der Waals surface area (Å²) in [5, 5.41) is 6.83. The van der Waals surface area contributed by atoms with Crippen LogP contribution in [-0.4, -0.2) is 44.4 Å². The maximum absolute atomic E-state index is 13.6. The molecule has 3 aromatic heterocycles. The van der Waals surface area contributed by atoms with Gasteiger partial charge in [0.05, 0.1) is 13.7 Å². The number of aryl methyl sites for hydroxylation is 2. The fourth-order valence-corrected chi connectivity index (χ4v) is 4.27. The van der Waals surface area contributed by atoms with E-state index in [1.165, 1.54) is 26.4 Å². The SMILES string of the molecule is CCOC(=O)c1c(CC)c(-c2cnc(Nc3cc(C)cc(OC)c3)nc2-n2nc(C(F)(F)F)cc2C)c[nH]c1=O. The minimum atomic E-state index is -4.69. The van der Waals surface area contributed by atoms with Crippen molar-refractivity contribution in [2.75, 3.05) is 19.0 Å². The Kier molecular flexibility index (Phi) is 7.93. The lowest BCUT2D eigenvalue weighted by Crippen LogP contribution is -2.23. The second-order valence-corrected chi connectivity index (χ2v) is 8.83. The molecule has 210 valence electrons. The highest BCUT2D eigenvalue weighted by Crippen LogP contribution is 2.34. The Morgan fingerprint density at radius 1 is 1.12 bits per heavy atom. The van der Waals surface area contributed by atoms with E-state index < -0.39 is 23.4 Å². The maximum Gasteiger partial charge on any atom is 0.435 e. The number of aromatic nitrogens is 5. The number of aromatic amines is 1. The zero-order chi connectivity index (χ0) is 29.2. The maximum atomic E-state index is 13.6. The lowest BCUT2D eigenvalue weighted by atomic mass is 9.97. The topological polar surface area (TPSA) is 124 Å². The number of hydrogen-bond acceptors (Lipinski definition) is 8. The Morgan fingerprint density at radius 2 is 1.88 bits per heavy atom. The summed E-state index contributed by atoms with van der Waals surface area (Å²) >= 11 is 0. The van der Waals surface area contributed by atoms with Gasteiger partial charge in [0.2, 0.25) is 5.95 Å². The molecule has 1 aromatic carbocycles. The van der Waals surface area contributed by atoms with Crippen molar-refractivity contribution < 1.29 is 27.4 Å². The van der Waals surface area contributed by atoms with Gasteiger partial charge in [-0.25, -0.2) is 14.5 Å². The molecule has 0 aliphatic heterocycles. The smallest absolute Gasteiger partial charge is 0.435 e. The predicted molar refractivity (Wildman–Crippen MR) is 141 cm³/mol. The van der Waals surface area contributed by atoms with E-state index in [0.29, 0.717) is 22.6 Å². The molecule has 0 bridgehead atoms. The third kappa shape index (κ3) is 5.67. The highest BCUT2D eigenvalue weighted by Gasteiger charge is 2.35. The zero-order valence-corrected chi connectivity index (χ0v) is 22.4. The highest BCUT2D eigenvalue weighted by atomic mass is 19.4. The molecule has 0 aliphatic rings. The van der Waals surface area contributed by atoms with Gasteiger partial charge < -0.3 is 19.8 Å². The van der Waals surface area contributed by atoms with Gasteiger partial charge >= 0.3 is 12.1 Å². The molecule has 0 saturated carbocycles. The fourth-order valence-electron chi connectivity index (χ4n) is 4.27. The first-order valence-electron chi connectivity index (χ1n) is 12.3. The highest BCUT2D eigenvalue weighted by molar-refractivity contribution is 5.93. The average Bonchev–Trinajstić information content (AvgIpc) is 3.30. The Balaban J connectivity index is 1.95. The average molecular weight is 557 g/mol. The van der Waals surface area contributed by atoms with Gasteiger partial charge in [0.25, 0.3) is 5.56 Å². The summed E-state index contributed by atoms with van der Waals surface area (Å²) in [4.78, 5) is 36.7. The summed E-state index contributed by atoms with van der Waals surface area (Å²) in [7, 11) is 1.53. The number of esters is 1. The lowest BCUT2D eigenvalue weighted by molar-refractivity contribution is -0.141. The first-order valence-corrected chi connectivity index (χ1v) is 12.3. The molecular formula is C27H27F3N6O4. The van der Waals surface area contributed by atoms with Crippen LogP contribution in [0.3, 0.4) is 0 Å². The molecule has 13 heteroatoms. The molecule has 10 nitrogen and oxygen atoms in total. The van der Waals surface area contributed by atoms with Crippen molar-refractivity contribution in [1.29, 1.82) is 0 Å². The van der Waals surface area contributed by atoms with Crippen molar-refractivity contribution in [2.24, 2.45) is 0 Å². The number of halogens is 3. The zero-order valence-electron chi connectivity index (χ0n) is 22.4. The minimum absolute atomic E-state index is 0.00155. The number of pyridine rings is 1. The molecule has 0 atom stereocenters. The van der Waals surface area contributed by atoms with E-state index in [1.807, 2.05) is 19.1 Å². The van der Waals surface area contributed by atoms with E-state index in [2.05, 4.69) is 25.4 Å². The number of benzene rings is 1. The standard InChI is InChI=1S/C27H27F3N6O4/c1-6-18-19(12-31-24(37)22(18)25(38)40-7-2)20-13-32-26(33-16-8-14(3)9-17(11-16)39-5)34-23(20)36-15(4)10-21(35-36)27(28,29)30/h8-13H,6-7H2,1-5H3,(H,31,37)(H,32,33,34). The molecule has 0 saturated heterocycles. The molecule has 0 radical (unpaired) electrons. The molecule has 2 N–H and O–H groups in total. The molecule has 0 amide bonds. The number of ether oxygens (including phenoxy) is 2.